The van der Waals surface area contributed by atoms with E-state index in [4.69, 9.17) is 46.0 Å². The molecule has 23 heteroatoms. The monoisotopic (exact) mass is 721 g/mol. The number of halogens is 1. The lowest BCUT2D eigenvalue weighted by molar-refractivity contribution is -0.165. The predicted octanol–water partition coefficient (Wildman–Crippen LogP) is -2.79. The fraction of sp³-hybridized carbons (Fsp3) is 0.536. The van der Waals surface area contributed by atoms with Crippen LogP contribution in [0.1, 0.15) is 20.8 Å². The highest BCUT2D eigenvalue weighted by molar-refractivity contribution is 5.83. The number of hydrogen-bond acceptors (Lipinski definition) is 20. The molecule has 9 N–H and O–H groups in total. The van der Waals surface area contributed by atoms with E-state index in [1.807, 2.05) is 0 Å². The van der Waals surface area contributed by atoms with Crippen LogP contribution < -0.4 is 17.2 Å². The van der Waals surface area contributed by atoms with Gasteiger partial charge in [0.1, 0.15) is 54.3 Å². The van der Waals surface area contributed by atoms with E-state index in [9.17, 15) is 29.0 Å². The Bertz CT molecular complexity index is 1910. The van der Waals surface area contributed by atoms with E-state index >= 15 is 0 Å². The van der Waals surface area contributed by atoms with Gasteiger partial charge in [-0.25, -0.2) is 9.97 Å². The van der Waals surface area contributed by atoms with Crippen molar-refractivity contribution in [3.63, 3.8) is 0 Å². The third-order valence-electron chi connectivity index (χ3n) is 7.83. The minimum absolute atomic E-state index is 0.0313. The third-order valence-corrected chi connectivity index (χ3v) is 7.83. The standard InChI is InChI=1S/C17H22N6O7.C11H14FN5O4/c1-7(24)27-5-11-14(29-9(3)26)13(28-8(2)25)10(30-11)4-23-6-20-12-15(18)21-17(19)22-16(12)23;12-11-15-9(13)6-10(16-11)17(3-14-6)1-4-7(19)8(20)5(2-18)21-4/h6,10-11,13-14H,4-5H2,1-3H3,(H4,18,19,21,22);3-5,7-8,18-20H,1-2H2,(H2,13,15,16)/t10-,11+,13+,14?;4-,5+,7+,8?/m00/s1. The van der Waals surface area contributed by atoms with Gasteiger partial charge in [0.15, 0.2) is 35.1 Å². The number of aromatic nitrogens is 8. The lowest BCUT2D eigenvalue weighted by Gasteiger charge is -2.23. The summed E-state index contributed by atoms with van der Waals surface area (Å²) in [5.74, 6) is -1.73. The number of fused-ring (bicyclic) bond motifs is 2. The van der Waals surface area contributed by atoms with Gasteiger partial charge in [0.05, 0.1) is 32.4 Å². The molecule has 4 aromatic heterocycles. The van der Waals surface area contributed by atoms with E-state index in [1.165, 1.54) is 38.0 Å². The molecule has 22 nitrogen and oxygen atoms in total. The zero-order valence-electron chi connectivity index (χ0n) is 27.4. The van der Waals surface area contributed by atoms with Crippen LogP contribution in [-0.2, 0) is 51.2 Å². The molecular weight excluding hydrogens is 685 g/mol. The highest BCUT2D eigenvalue weighted by Crippen LogP contribution is 2.30. The molecule has 6 heterocycles. The Morgan fingerprint density at radius 3 is 1.82 bits per heavy atom. The van der Waals surface area contributed by atoms with Gasteiger partial charge >= 0.3 is 24.0 Å². The normalized spacial score (nSPS) is 25.8. The minimum atomic E-state index is -1.19. The van der Waals surface area contributed by atoms with Gasteiger partial charge < -0.3 is 65.3 Å². The number of aliphatic hydroxyl groups is 3. The molecule has 2 aliphatic rings. The molecule has 6 rings (SSSR count). The van der Waals surface area contributed by atoms with E-state index in [-0.39, 0.29) is 48.4 Å². The molecule has 2 saturated heterocycles. The first-order chi connectivity index (χ1) is 24.2. The molecule has 0 spiro atoms. The first kappa shape index (κ1) is 36.9. The van der Waals surface area contributed by atoms with Crippen LogP contribution in [-0.4, -0.2) is 134 Å². The number of anilines is 3. The highest BCUT2D eigenvalue weighted by Gasteiger charge is 2.50. The summed E-state index contributed by atoms with van der Waals surface area (Å²) in [6, 6.07) is 0. The molecule has 4 aromatic rings. The summed E-state index contributed by atoms with van der Waals surface area (Å²) in [6.07, 6.45) is -5.72. The molecule has 0 aromatic carbocycles. The summed E-state index contributed by atoms with van der Waals surface area (Å²) in [5.41, 5.74) is 18.2. The lowest BCUT2D eigenvalue weighted by Crippen LogP contribution is -2.42. The molecule has 276 valence electrons. The van der Waals surface area contributed by atoms with Crippen molar-refractivity contribution in [2.45, 2.75) is 82.7 Å². The summed E-state index contributed by atoms with van der Waals surface area (Å²) < 4.78 is 43.3. The van der Waals surface area contributed by atoms with Crippen LogP contribution in [0.2, 0.25) is 0 Å². The number of carbonyl (C=O) groups is 3. The van der Waals surface area contributed by atoms with Gasteiger partial charge in [-0.1, -0.05) is 0 Å². The van der Waals surface area contributed by atoms with Crippen LogP contribution in [0.5, 0.6) is 0 Å². The molecule has 51 heavy (non-hydrogen) atoms. The number of aliphatic hydroxyl groups excluding tert-OH is 3. The number of hydrogen-bond donors (Lipinski definition) is 6. The fourth-order valence-electron chi connectivity index (χ4n) is 5.66. The number of ether oxygens (including phenoxy) is 5. The number of esters is 3. The van der Waals surface area contributed by atoms with Crippen LogP contribution in [0.25, 0.3) is 22.3 Å². The summed E-state index contributed by atoms with van der Waals surface area (Å²) >= 11 is 0. The third kappa shape index (κ3) is 8.18. The Kier molecular flexibility index (Phi) is 11.0. The largest absolute Gasteiger partial charge is 0.463 e. The molecule has 2 unspecified atom stereocenters. The second kappa shape index (κ2) is 15.3. The van der Waals surface area contributed by atoms with Gasteiger partial charge in [0, 0.05) is 20.8 Å². The van der Waals surface area contributed by atoms with Gasteiger partial charge in [-0.15, -0.1) is 0 Å². The van der Waals surface area contributed by atoms with E-state index in [0.717, 1.165) is 0 Å². The number of nitrogens with zero attached hydrogens (tertiary/aromatic N) is 8. The number of nitrogen functional groups attached to an aromatic ring is 3. The van der Waals surface area contributed by atoms with Crippen molar-refractivity contribution >= 4 is 57.8 Å². The minimum Gasteiger partial charge on any atom is -0.463 e. The summed E-state index contributed by atoms with van der Waals surface area (Å²) in [6.45, 7) is 3.26. The molecule has 2 fully saturated rings. The maximum Gasteiger partial charge on any atom is 0.312 e. The summed E-state index contributed by atoms with van der Waals surface area (Å²) in [4.78, 5) is 57.6. The summed E-state index contributed by atoms with van der Waals surface area (Å²) in [5, 5.41) is 28.6. The molecular formula is C28H36FN11O11. The lowest BCUT2D eigenvalue weighted by atomic mass is 10.1. The van der Waals surface area contributed by atoms with Crippen LogP contribution in [0.15, 0.2) is 12.7 Å². The molecule has 8 atom stereocenters. The molecule has 0 aliphatic carbocycles. The van der Waals surface area contributed by atoms with Crippen molar-refractivity contribution in [1.29, 1.82) is 0 Å². The zero-order chi connectivity index (χ0) is 37.1. The SMILES string of the molecule is CC(=O)OC[C@H]1O[C@@H](Cn2cnc3c(N)nc(N)nc32)[C@@H](OC(C)=O)C1OC(C)=O.Nc1nc(F)nc2c1ncn2C[C@@H]1O[C@H](CO)C(O)[C@@H]1O. The Morgan fingerprint density at radius 2 is 1.27 bits per heavy atom. The van der Waals surface area contributed by atoms with Crippen molar-refractivity contribution in [3.8, 4) is 0 Å². The van der Waals surface area contributed by atoms with Gasteiger partial charge in [-0.3, -0.25) is 14.4 Å². The van der Waals surface area contributed by atoms with E-state index in [1.54, 1.807) is 4.57 Å². The fourth-order valence-corrected chi connectivity index (χ4v) is 5.66. The van der Waals surface area contributed by atoms with Crippen molar-refractivity contribution in [2.75, 3.05) is 30.4 Å². The predicted molar refractivity (Wildman–Crippen MR) is 168 cm³/mol. The van der Waals surface area contributed by atoms with E-state index < -0.39 is 79.4 Å². The average molecular weight is 722 g/mol. The van der Waals surface area contributed by atoms with Crippen molar-refractivity contribution in [1.82, 2.24) is 39.0 Å². The zero-order valence-corrected chi connectivity index (χ0v) is 27.4. The Labute approximate surface area is 286 Å². The topological polar surface area (TPSA) is 323 Å². The molecule has 0 radical (unpaired) electrons. The maximum atomic E-state index is 13.2. The first-order valence-electron chi connectivity index (χ1n) is 15.3. The van der Waals surface area contributed by atoms with E-state index in [0.29, 0.717) is 11.2 Å². The van der Waals surface area contributed by atoms with Crippen LogP contribution in [0, 0.1) is 6.08 Å². The van der Waals surface area contributed by atoms with Crippen LogP contribution in [0.3, 0.4) is 0 Å². The second-order valence-electron chi connectivity index (χ2n) is 11.5. The maximum absolute atomic E-state index is 13.2. The van der Waals surface area contributed by atoms with Crippen LogP contribution in [0.4, 0.5) is 22.0 Å². The average Bonchev–Trinajstić information content (AvgIpc) is 3.79. The quantitative estimate of drug-likeness (QED) is 0.0578. The van der Waals surface area contributed by atoms with Gasteiger partial charge in [0.25, 0.3) is 0 Å². The van der Waals surface area contributed by atoms with Gasteiger partial charge in [0.2, 0.25) is 5.95 Å². The van der Waals surface area contributed by atoms with Crippen molar-refractivity contribution in [2.24, 2.45) is 0 Å². The van der Waals surface area contributed by atoms with E-state index in [2.05, 4.69) is 29.9 Å². The number of rotatable bonds is 9. The smallest absolute Gasteiger partial charge is 0.312 e. The number of carbonyl (C=O) groups excluding carboxylic acids is 3. The number of imidazole rings is 2. The van der Waals surface area contributed by atoms with Crippen molar-refractivity contribution in [3.05, 3.63) is 18.7 Å². The van der Waals surface area contributed by atoms with Gasteiger partial charge in [-0.2, -0.15) is 24.3 Å². The second-order valence-corrected chi connectivity index (χ2v) is 11.5. The molecule has 0 saturated carbocycles. The summed E-state index contributed by atoms with van der Waals surface area (Å²) in [7, 11) is 0. The number of nitrogens with two attached hydrogens (primary N) is 3. The van der Waals surface area contributed by atoms with Crippen molar-refractivity contribution < 1.29 is 57.8 Å². The van der Waals surface area contributed by atoms with Gasteiger partial charge in [-0.05, 0) is 0 Å². The molecule has 2 aliphatic heterocycles. The van der Waals surface area contributed by atoms with Crippen LogP contribution >= 0.6 is 0 Å². The molecule has 0 amide bonds. The highest BCUT2D eigenvalue weighted by atomic mass is 19.1. The Balaban J connectivity index is 0.000000210. The Hall–Kier alpha value is -5.36. The molecule has 0 bridgehead atoms. The Morgan fingerprint density at radius 1 is 0.765 bits per heavy atom. The first-order valence-corrected chi connectivity index (χ1v) is 15.3.